The van der Waals surface area contributed by atoms with E-state index in [0.29, 0.717) is 17.9 Å². The van der Waals surface area contributed by atoms with Gasteiger partial charge in [0.25, 0.3) is 0 Å². The summed E-state index contributed by atoms with van der Waals surface area (Å²) in [6.45, 7) is 0.222. The molecule has 0 radical (unpaired) electrons. The maximum absolute atomic E-state index is 13.1. The zero-order valence-electron chi connectivity index (χ0n) is 13.5. The number of aromatic nitrogens is 1. The number of carbonyl (C=O) groups excluding carboxylic acids is 1. The molecule has 1 aromatic carbocycles. The molecule has 132 valence electrons. The summed E-state index contributed by atoms with van der Waals surface area (Å²) in [6.07, 6.45) is -2.42. The standard InChI is InChI=1S/C18H17F3N2O2/c1-25-17-11(5-4-8-22-17)10-23-16(24)14-9-13(14)12-6-2-3-7-15(12)18(19,20)21/h2-8,13-14H,9-10H2,1H3,(H,23,24). The molecule has 3 rings (SSSR count). The number of methoxy groups -OCH3 is 1. The quantitative estimate of drug-likeness (QED) is 0.898. The van der Waals surface area contributed by atoms with Crippen LogP contribution in [0.5, 0.6) is 5.88 Å². The summed E-state index contributed by atoms with van der Waals surface area (Å²) in [5.74, 6) is -0.676. The summed E-state index contributed by atoms with van der Waals surface area (Å²) in [7, 11) is 1.48. The van der Waals surface area contributed by atoms with Crippen LogP contribution in [0.4, 0.5) is 13.2 Å². The molecule has 0 bridgehead atoms. The van der Waals surface area contributed by atoms with Gasteiger partial charge >= 0.3 is 6.18 Å². The van der Waals surface area contributed by atoms with Gasteiger partial charge in [-0.05, 0) is 30.0 Å². The lowest BCUT2D eigenvalue weighted by Crippen LogP contribution is -2.25. The maximum atomic E-state index is 13.1. The van der Waals surface area contributed by atoms with Crippen LogP contribution in [0.15, 0.2) is 42.6 Å². The smallest absolute Gasteiger partial charge is 0.416 e. The Morgan fingerprint density at radius 1 is 1.28 bits per heavy atom. The molecule has 1 aliphatic rings. The van der Waals surface area contributed by atoms with Crippen LogP contribution in [0, 0.1) is 5.92 Å². The van der Waals surface area contributed by atoms with E-state index in [-0.39, 0.29) is 18.0 Å². The van der Waals surface area contributed by atoms with Crippen molar-refractivity contribution in [2.24, 2.45) is 5.92 Å². The number of nitrogens with zero attached hydrogens (tertiary/aromatic N) is 1. The molecule has 0 saturated heterocycles. The minimum atomic E-state index is -4.41. The van der Waals surface area contributed by atoms with Crippen molar-refractivity contribution in [1.82, 2.24) is 10.3 Å². The van der Waals surface area contributed by atoms with Crippen LogP contribution in [-0.2, 0) is 17.5 Å². The summed E-state index contributed by atoms with van der Waals surface area (Å²) in [5.41, 5.74) is 0.240. The number of hydrogen-bond acceptors (Lipinski definition) is 3. The Balaban J connectivity index is 1.65. The molecule has 2 atom stereocenters. The first-order valence-electron chi connectivity index (χ1n) is 7.83. The number of benzene rings is 1. The van der Waals surface area contributed by atoms with Gasteiger partial charge in [-0.1, -0.05) is 24.3 Å². The van der Waals surface area contributed by atoms with E-state index in [1.54, 1.807) is 24.4 Å². The molecule has 1 saturated carbocycles. The third kappa shape index (κ3) is 3.75. The molecule has 2 aromatic rings. The Labute approximate surface area is 143 Å². The highest BCUT2D eigenvalue weighted by Crippen LogP contribution is 2.51. The normalized spacial score (nSPS) is 19.4. The average molecular weight is 350 g/mol. The first-order valence-corrected chi connectivity index (χ1v) is 7.83. The zero-order valence-corrected chi connectivity index (χ0v) is 13.5. The molecule has 4 nitrogen and oxygen atoms in total. The van der Waals surface area contributed by atoms with Crippen LogP contribution in [0.1, 0.15) is 29.0 Å². The maximum Gasteiger partial charge on any atom is 0.416 e. The van der Waals surface area contributed by atoms with Crippen molar-refractivity contribution in [1.29, 1.82) is 0 Å². The number of hydrogen-bond donors (Lipinski definition) is 1. The predicted octanol–water partition coefficient (Wildman–Crippen LogP) is 3.53. The summed E-state index contributed by atoms with van der Waals surface area (Å²) >= 11 is 0. The molecular weight excluding hydrogens is 333 g/mol. The number of amides is 1. The van der Waals surface area contributed by atoms with Crippen LogP contribution in [0.25, 0.3) is 0 Å². The largest absolute Gasteiger partial charge is 0.481 e. The van der Waals surface area contributed by atoms with Crippen molar-refractivity contribution in [3.05, 3.63) is 59.3 Å². The second-order valence-corrected chi connectivity index (χ2v) is 5.92. The van der Waals surface area contributed by atoms with Gasteiger partial charge in [-0.15, -0.1) is 0 Å². The summed E-state index contributed by atoms with van der Waals surface area (Å²) < 4.78 is 44.4. The number of rotatable bonds is 5. The monoisotopic (exact) mass is 350 g/mol. The molecule has 7 heteroatoms. The average Bonchev–Trinajstić information content (AvgIpc) is 3.40. The van der Waals surface area contributed by atoms with Crippen molar-refractivity contribution in [3.8, 4) is 5.88 Å². The Hall–Kier alpha value is -2.57. The van der Waals surface area contributed by atoms with Gasteiger partial charge < -0.3 is 10.1 Å². The lowest BCUT2D eigenvalue weighted by atomic mass is 10.0. The van der Waals surface area contributed by atoms with Crippen molar-refractivity contribution in [2.75, 3.05) is 7.11 Å². The molecule has 1 aromatic heterocycles. The Morgan fingerprint density at radius 2 is 2.04 bits per heavy atom. The van der Waals surface area contributed by atoms with Crippen LogP contribution in [0.2, 0.25) is 0 Å². The van der Waals surface area contributed by atoms with Crippen molar-refractivity contribution < 1.29 is 22.7 Å². The van der Waals surface area contributed by atoms with Gasteiger partial charge in [0.15, 0.2) is 0 Å². The molecule has 2 unspecified atom stereocenters. The molecule has 0 spiro atoms. The van der Waals surface area contributed by atoms with Crippen LogP contribution >= 0.6 is 0 Å². The fourth-order valence-electron chi connectivity index (χ4n) is 2.96. The van der Waals surface area contributed by atoms with E-state index in [0.717, 1.165) is 6.07 Å². The first kappa shape index (κ1) is 17.3. The second-order valence-electron chi connectivity index (χ2n) is 5.92. The topological polar surface area (TPSA) is 51.2 Å². The molecule has 0 aliphatic heterocycles. The van der Waals surface area contributed by atoms with E-state index >= 15 is 0 Å². The number of pyridine rings is 1. The number of ether oxygens (including phenoxy) is 1. The Morgan fingerprint density at radius 3 is 2.76 bits per heavy atom. The fourth-order valence-corrected chi connectivity index (χ4v) is 2.96. The molecular formula is C18H17F3N2O2. The van der Waals surface area contributed by atoms with Crippen molar-refractivity contribution in [2.45, 2.75) is 25.1 Å². The second kappa shape index (κ2) is 6.74. The van der Waals surface area contributed by atoms with Gasteiger partial charge in [-0.25, -0.2) is 4.98 Å². The lowest BCUT2D eigenvalue weighted by molar-refractivity contribution is -0.138. The number of nitrogens with one attached hydrogen (secondary N) is 1. The number of halogens is 3. The highest BCUT2D eigenvalue weighted by molar-refractivity contribution is 5.83. The van der Waals surface area contributed by atoms with E-state index in [9.17, 15) is 18.0 Å². The highest BCUT2D eigenvalue weighted by atomic mass is 19.4. The SMILES string of the molecule is COc1ncccc1CNC(=O)C1CC1c1ccccc1C(F)(F)F. The minimum absolute atomic E-state index is 0.189. The van der Waals surface area contributed by atoms with Crippen LogP contribution in [0.3, 0.4) is 0 Å². The van der Waals surface area contributed by atoms with E-state index < -0.39 is 23.6 Å². The number of carbonyl (C=O) groups is 1. The highest BCUT2D eigenvalue weighted by Gasteiger charge is 2.47. The molecule has 1 aliphatic carbocycles. The van der Waals surface area contributed by atoms with Gasteiger partial charge in [-0.2, -0.15) is 13.2 Å². The predicted molar refractivity (Wildman–Crippen MR) is 84.9 cm³/mol. The third-order valence-electron chi connectivity index (χ3n) is 4.29. The lowest BCUT2D eigenvalue weighted by Gasteiger charge is -2.12. The van der Waals surface area contributed by atoms with E-state index in [4.69, 9.17) is 4.74 Å². The van der Waals surface area contributed by atoms with Gasteiger partial charge in [0.2, 0.25) is 11.8 Å². The fraction of sp³-hybridized carbons (Fsp3) is 0.333. The molecule has 1 amide bonds. The first-order chi connectivity index (χ1) is 11.9. The van der Waals surface area contributed by atoms with Gasteiger partial charge in [0.05, 0.1) is 12.7 Å². The van der Waals surface area contributed by atoms with E-state index in [1.807, 2.05) is 0 Å². The van der Waals surface area contributed by atoms with Gasteiger partial charge in [0.1, 0.15) is 0 Å². The van der Waals surface area contributed by atoms with Gasteiger partial charge in [-0.3, -0.25) is 4.79 Å². The zero-order chi connectivity index (χ0) is 18.0. The molecule has 25 heavy (non-hydrogen) atoms. The summed E-state index contributed by atoms with van der Waals surface area (Å²) in [5, 5.41) is 2.75. The number of alkyl halides is 3. The van der Waals surface area contributed by atoms with Gasteiger partial charge in [0, 0.05) is 24.2 Å². The molecule has 1 heterocycles. The summed E-state index contributed by atoms with van der Waals surface area (Å²) in [6, 6.07) is 8.93. The summed E-state index contributed by atoms with van der Waals surface area (Å²) in [4.78, 5) is 16.3. The van der Waals surface area contributed by atoms with Crippen LogP contribution in [-0.4, -0.2) is 18.0 Å². The third-order valence-corrected chi connectivity index (χ3v) is 4.29. The van der Waals surface area contributed by atoms with Crippen LogP contribution < -0.4 is 10.1 Å². The Bertz CT molecular complexity index is 777. The van der Waals surface area contributed by atoms with Crippen molar-refractivity contribution >= 4 is 5.91 Å². The van der Waals surface area contributed by atoms with E-state index in [2.05, 4.69) is 10.3 Å². The molecule has 1 N–H and O–H groups in total. The van der Waals surface area contributed by atoms with Crippen molar-refractivity contribution in [3.63, 3.8) is 0 Å². The molecule has 1 fully saturated rings. The Kier molecular flexibility index (Phi) is 4.65. The minimum Gasteiger partial charge on any atom is -0.481 e. The van der Waals surface area contributed by atoms with E-state index in [1.165, 1.54) is 19.2 Å².